The molecule has 0 radical (unpaired) electrons. The molecule has 0 unspecified atom stereocenters. The van der Waals surface area contributed by atoms with E-state index in [1.165, 1.54) is 24.4 Å². The highest BCUT2D eigenvalue weighted by molar-refractivity contribution is 5.92. The second-order valence-corrected chi connectivity index (χ2v) is 5.46. The monoisotopic (exact) mass is 337 g/mol. The van der Waals surface area contributed by atoms with Gasteiger partial charge in [0.05, 0.1) is 12.6 Å². The third kappa shape index (κ3) is 2.61. The summed E-state index contributed by atoms with van der Waals surface area (Å²) in [4.78, 5) is 3.61. The number of halogens is 2. The lowest BCUT2D eigenvalue weighted by molar-refractivity contribution is 0.386. The summed E-state index contributed by atoms with van der Waals surface area (Å²) >= 11 is 0. The van der Waals surface area contributed by atoms with Gasteiger partial charge in [0.1, 0.15) is 11.5 Å². The van der Waals surface area contributed by atoms with Gasteiger partial charge in [-0.25, -0.2) is 9.37 Å². The molecule has 0 amide bonds. The first-order chi connectivity index (χ1) is 12.2. The van der Waals surface area contributed by atoms with Crippen molar-refractivity contribution < 1.29 is 13.5 Å². The highest BCUT2D eigenvalue weighted by Gasteiger charge is 2.18. The van der Waals surface area contributed by atoms with Crippen LogP contribution in [0.25, 0.3) is 27.9 Å². The molecular weight excluding hydrogens is 324 g/mol. The topological polar surface area (TPSA) is 39.4 Å². The molecule has 0 N–H and O–H groups in total. The number of fused-ring (bicyclic) bond motifs is 1. The zero-order valence-corrected chi connectivity index (χ0v) is 13.3. The van der Waals surface area contributed by atoms with E-state index in [1.807, 2.05) is 12.1 Å². The minimum atomic E-state index is -0.579. The van der Waals surface area contributed by atoms with Gasteiger partial charge in [0.25, 0.3) is 0 Å². The van der Waals surface area contributed by atoms with Crippen molar-refractivity contribution in [3.05, 3.63) is 72.6 Å². The van der Waals surface area contributed by atoms with E-state index in [-0.39, 0.29) is 5.82 Å². The largest absolute Gasteiger partial charge is 0.481 e. The number of hydrogen-bond acceptors (Lipinski definition) is 3. The Morgan fingerprint density at radius 1 is 0.960 bits per heavy atom. The van der Waals surface area contributed by atoms with Crippen molar-refractivity contribution in [3.8, 4) is 28.3 Å². The first-order valence-electron chi connectivity index (χ1n) is 7.61. The molecule has 25 heavy (non-hydrogen) atoms. The van der Waals surface area contributed by atoms with Crippen LogP contribution in [0.3, 0.4) is 0 Å². The van der Waals surface area contributed by atoms with E-state index < -0.39 is 5.95 Å². The van der Waals surface area contributed by atoms with E-state index in [4.69, 9.17) is 4.74 Å². The van der Waals surface area contributed by atoms with Crippen LogP contribution >= 0.6 is 0 Å². The van der Waals surface area contributed by atoms with Gasteiger partial charge in [-0.2, -0.15) is 14.0 Å². The number of pyridine rings is 2. The van der Waals surface area contributed by atoms with E-state index in [0.717, 1.165) is 16.6 Å². The van der Waals surface area contributed by atoms with Gasteiger partial charge in [-0.15, -0.1) is 0 Å². The normalized spacial score (nSPS) is 11.0. The molecule has 124 valence electrons. The summed E-state index contributed by atoms with van der Waals surface area (Å²) in [6.07, 6.45) is 1.41. The molecule has 0 aliphatic rings. The molecule has 6 heteroatoms. The number of nitrogens with zero attached hydrogens (tertiary/aromatic N) is 3. The fraction of sp³-hybridized carbons (Fsp3) is 0.0526. The fourth-order valence-electron chi connectivity index (χ4n) is 2.85. The Balaban J connectivity index is 2.07. The number of aromatic nitrogens is 3. The number of rotatable bonds is 3. The molecule has 4 aromatic rings. The van der Waals surface area contributed by atoms with Gasteiger partial charge in [-0.3, -0.25) is 0 Å². The second kappa shape index (κ2) is 5.98. The summed E-state index contributed by atoms with van der Waals surface area (Å²) in [7, 11) is 1.56. The van der Waals surface area contributed by atoms with E-state index >= 15 is 0 Å². The number of hydrogen-bond donors (Lipinski definition) is 0. The maximum Gasteiger partial charge on any atom is 0.214 e. The Hall–Kier alpha value is -3.28. The molecule has 0 aliphatic carbocycles. The molecule has 0 fully saturated rings. The lowest BCUT2D eigenvalue weighted by Gasteiger charge is -2.05. The Bertz CT molecular complexity index is 1060. The van der Waals surface area contributed by atoms with Gasteiger partial charge in [0.2, 0.25) is 11.8 Å². The van der Waals surface area contributed by atoms with Gasteiger partial charge in [0.15, 0.2) is 0 Å². The molecule has 0 spiro atoms. The lowest BCUT2D eigenvalue weighted by atomic mass is 10.0. The molecule has 4 rings (SSSR count). The van der Waals surface area contributed by atoms with Crippen LogP contribution in [-0.2, 0) is 0 Å². The summed E-state index contributed by atoms with van der Waals surface area (Å²) in [5.41, 5.74) is 3.45. The van der Waals surface area contributed by atoms with Gasteiger partial charge in [0, 0.05) is 29.5 Å². The van der Waals surface area contributed by atoms with Crippen molar-refractivity contribution in [3.63, 3.8) is 0 Å². The molecule has 1 aromatic carbocycles. The highest BCUT2D eigenvalue weighted by Crippen LogP contribution is 2.36. The molecular formula is C19H13F2N3O. The minimum Gasteiger partial charge on any atom is -0.481 e. The smallest absolute Gasteiger partial charge is 0.214 e. The predicted molar refractivity (Wildman–Crippen MR) is 90.3 cm³/mol. The van der Waals surface area contributed by atoms with Crippen LogP contribution in [-0.4, -0.2) is 21.7 Å². The quantitative estimate of drug-likeness (QED) is 0.522. The molecule has 0 aliphatic heterocycles. The number of ether oxygens (including phenoxy) is 1. The van der Waals surface area contributed by atoms with Crippen molar-refractivity contribution in [2.75, 3.05) is 7.11 Å². The highest BCUT2D eigenvalue weighted by atomic mass is 19.1. The van der Waals surface area contributed by atoms with Crippen LogP contribution in [0, 0.1) is 11.8 Å². The third-order valence-corrected chi connectivity index (χ3v) is 3.96. The number of benzene rings is 1. The summed E-state index contributed by atoms with van der Waals surface area (Å²) in [6, 6.07) is 14.6. The standard InChI is InChI=1S/C19H13F2N3O/c1-25-17-4-2-3-15-18(13-9-10-22-16(21)11-13)19(23-24(15)17)12-5-7-14(20)8-6-12/h2-11H,1H3. The second-order valence-electron chi connectivity index (χ2n) is 5.46. The van der Waals surface area contributed by atoms with Crippen LogP contribution in [0.5, 0.6) is 5.88 Å². The van der Waals surface area contributed by atoms with Crippen LogP contribution < -0.4 is 4.74 Å². The Kier molecular flexibility index (Phi) is 3.65. The first kappa shape index (κ1) is 15.3. The predicted octanol–water partition coefficient (Wildman–Crippen LogP) is 4.35. The number of methoxy groups -OCH3 is 1. The molecule has 3 heterocycles. The summed E-state index contributed by atoms with van der Waals surface area (Å²) < 4.78 is 34.0. The van der Waals surface area contributed by atoms with Crippen molar-refractivity contribution in [1.29, 1.82) is 0 Å². The zero-order valence-electron chi connectivity index (χ0n) is 13.3. The van der Waals surface area contributed by atoms with E-state index in [0.29, 0.717) is 17.1 Å². The summed E-state index contributed by atoms with van der Waals surface area (Å²) in [6.45, 7) is 0. The van der Waals surface area contributed by atoms with Crippen molar-refractivity contribution in [1.82, 2.24) is 14.6 Å². The third-order valence-electron chi connectivity index (χ3n) is 3.96. The van der Waals surface area contributed by atoms with E-state index in [9.17, 15) is 8.78 Å². The zero-order chi connectivity index (χ0) is 17.4. The van der Waals surface area contributed by atoms with Crippen LogP contribution in [0.2, 0.25) is 0 Å². The van der Waals surface area contributed by atoms with Crippen LogP contribution in [0.4, 0.5) is 8.78 Å². The van der Waals surface area contributed by atoms with Crippen LogP contribution in [0.1, 0.15) is 0 Å². The Morgan fingerprint density at radius 3 is 2.48 bits per heavy atom. The van der Waals surface area contributed by atoms with Gasteiger partial charge in [-0.05, 0) is 42.0 Å². The SMILES string of the molecule is COc1cccc2c(-c3ccnc(F)c3)c(-c3ccc(F)cc3)nn12. The molecule has 0 bridgehead atoms. The average Bonchev–Trinajstić information content (AvgIpc) is 3.01. The fourth-order valence-corrected chi connectivity index (χ4v) is 2.85. The average molecular weight is 337 g/mol. The summed E-state index contributed by atoms with van der Waals surface area (Å²) in [5.74, 6) is -0.368. The maximum atomic E-state index is 13.7. The van der Waals surface area contributed by atoms with Gasteiger partial charge in [-0.1, -0.05) is 6.07 Å². The van der Waals surface area contributed by atoms with Crippen molar-refractivity contribution in [2.24, 2.45) is 0 Å². The Morgan fingerprint density at radius 2 is 1.76 bits per heavy atom. The summed E-state index contributed by atoms with van der Waals surface area (Å²) in [5, 5.41) is 4.62. The molecule has 4 nitrogen and oxygen atoms in total. The van der Waals surface area contributed by atoms with Gasteiger partial charge >= 0.3 is 0 Å². The van der Waals surface area contributed by atoms with Crippen LogP contribution in [0.15, 0.2) is 60.8 Å². The molecule has 0 saturated carbocycles. The van der Waals surface area contributed by atoms with Gasteiger partial charge < -0.3 is 4.74 Å². The minimum absolute atomic E-state index is 0.332. The molecule has 0 saturated heterocycles. The Labute approximate surface area is 142 Å². The maximum absolute atomic E-state index is 13.7. The van der Waals surface area contributed by atoms with E-state index in [2.05, 4.69) is 10.1 Å². The van der Waals surface area contributed by atoms with Crippen molar-refractivity contribution >= 4 is 5.52 Å². The van der Waals surface area contributed by atoms with Crippen molar-refractivity contribution in [2.45, 2.75) is 0 Å². The first-order valence-corrected chi connectivity index (χ1v) is 7.61. The molecule has 3 aromatic heterocycles. The lowest BCUT2D eigenvalue weighted by Crippen LogP contribution is -1.94. The van der Waals surface area contributed by atoms with E-state index in [1.54, 1.807) is 35.9 Å². The molecule has 0 atom stereocenters.